The van der Waals surface area contributed by atoms with Gasteiger partial charge in [0.05, 0.1) is 6.04 Å². The molecule has 6 nitrogen and oxygen atoms in total. The van der Waals surface area contributed by atoms with Crippen LogP contribution in [0.15, 0.2) is 0 Å². The molecule has 2 fully saturated rings. The number of carbonyl (C=O) groups excluding carboxylic acids is 2. The fourth-order valence-corrected chi connectivity index (χ4v) is 2.82. The lowest BCUT2D eigenvalue weighted by Crippen LogP contribution is -2.46. The van der Waals surface area contributed by atoms with Crippen LogP contribution in [0.3, 0.4) is 0 Å². The summed E-state index contributed by atoms with van der Waals surface area (Å²) in [7, 11) is 0. The smallest absolute Gasteiger partial charge is 0.410 e. The first-order valence-electron chi connectivity index (χ1n) is 8.21. The van der Waals surface area contributed by atoms with E-state index in [9.17, 15) is 9.59 Å². The van der Waals surface area contributed by atoms with Gasteiger partial charge in [-0.25, -0.2) is 4.79 Å². The highest BCUT2D eigenvalue weighted by Gasteiger charge is 2.37. The first-order valence-corrected chi connectivity index (χ1v) is 8.21. The molecule has 1 saturated carbocycles. The number of amides is 2. The molecule has 1 aliphatic carbocycles. The average molecular weight is 311 g/mol. The lowest BCUT2D eigenvalue weighted by atomic mass is 10.1. The van der Waals surface area contributed by atoms with E-state index in [1.165, 1.54) is 0 Å². The number of likely N-dealkylation sites (tertiary alicyclic amines) is 1. The molecule has 0 aromatic carbocycles. The number of hydrogen-bond acceptors (Lipinski definition) is 4. The van der Waals surface area contributed by atoms with Gasteiger partial charge in [0.15, 0.2) is 0 Å². The molecule has 2 amide bonds. The highest BCUT2D eigenvalue weighted by molar-refractivity contribution is 5.81. The number of nitrogens with two attached hydrogens (primary N) is 1. The highest BCUT2D eigenvalue weighted by Crippen LogP contribution is 2.30. The van der Waals surface area contributed by atoms with Crippen molar-refractivity contribution in [3.05, 3.63) is 0 Å². The summed E-state index contributed by atoms with van der Waals surface area (Å²) in [6, 6.07) is -0.0990. The van der Waals surface area contributed by atoms with E-state index in [1.807, 2.05) is 25.7 Å². The third kappa shape index (κ3) is 4.60. The molecule has 1 heterocycles. The van der Waals surface area contributed by atoms with Gasteiger partial charge in [0.25, 0.3) is 0 Å². The minimum Gasteiger partial charge on any atom is -0.444 e. The van der Waals surface area contributed by atoms with E-state index in [4.69, 9.17) is 10.5 Å². The molecule has 2 aliphatic rings. The van der Waals surface area contributed by atoms with Gasteiger partial charge in [-0.2, -0.15) is 0 Å². The molecule has 1 unspecified atom stereocenters. The molecule has 0 bridgehead atoms. The first-order chi connectivity index (χ1) is 10.2. The first kappa shape index (κ1) is 17.1. The Labute approximate surface area is 132 Å². The minimum atomic E-state index is -0.472. The van der Waals surface area contributed by atoms with Crippen molar-refractivity contribution in [3.63, 3.8) is 0 Å². The van der Waals surface area contributed by atoms with Gasteiger partial charge in [-0.05, 0) is 52.9 Å². The van der Waals surface area contributed by atoms with E-state index in [-0.39, 0.29) is 12.0 Å². The van der Waals surface area contributed by atoms with Crippen LogP contribution < -0.4 is 5.73 Å². The molecular weight excluding hydrogens is 282 g/mol. The molecule has 0 radical (unpaired) electrons. The van der Waals surface area contributed by atoms with E-state index in [2.05, 4.69) is 0 Å². The average Bonchev–Trinajstić information content (AvgIpc) is 3.11. The summed E-state index contributed by atoms with van der Waals surface area (Å²) in [6.45, 7) is 9.40. The summed E-state index contributed by atoms with van der Waals surface area (Å²) in [5.74, 6) is 0.342. The van der Waals surface area contributed by atoms with E-state index >= 15 is 0 Å². The second-order valence-electron chi connectivity index (χ2n) is 7.59. The van der Waals surface area contributed by atoms with Crippen LogP contribution in [0.1, 0.15) is 47.0 Å². The third-order valence-corrected chi connectivity index (χ3v) is 4.05. The van der Waals surface area contributed by atoms with Crippen LogP contribution in [0, 0.1) is 5.92 Å². The van der Waals surface area contributed by atoms with Crippen LogP contribution in [-0.2, 0) is 9.53 Å². The maximum Gasteiger partial charge on any atom is 0.410 e. The number of nitrogens with zero attached hydrogens (tertiary/aromatic N) is 2. The summed E-state index contributed by atoms with van der Waals surface area (Å²) >= 11 is 0. The van der Waals surface area contributed by atoms with E-state index in [1.54, 1.807) is 11.8 Å². The van der Waals surface area contributed by atoms with Gasteiger partial charge in [-0.3, -0.25) is 4.79 Å². The van der Waals surface area contributed by atoms with Crippen molar-refractivity contribution in [2.45, 2.75) is 64.6 Å². The van der Waals surface area contributed by atoms with Gasteiger partial charge >= 0.3 is 6.09 Å². The van der Waals surface area contributed by atoms with Crippen LogP contribution >= 0.6 is 0 Å². The van der Waals surface area contributed by atoms with Crippen molar-refractivity contribution in [2.75, 3.05) is 19.6 Å². The monoisotopic (exact) mass is 311 g/mol. The van der Waals surface area contributed by atoms with Gasteiger partial charge in [0, 0.05) is 25.7 Å². The van der Waals surface area contributed by atoms with Crippen LogP contribution in [0.5, 0.6) is 0 Å². The zero-order valence-corrected chi connectivity index (χ0v) is 14.2. The maximum atomic E-state index is 12.2. The lowest BCUT2D eigenvalue weighted by molar-refractivity contribution is -0.133. The Morgan fingerprint density at radius 3 is 2.45 bits per heavy atom. The summed E-state index contributed by atoms with van der Waals surface area (Å²) in [6.07, 6.45) is 2.79. The Balaban J connectivity index is 1.87. The molecule has 1 saturated heterocycles. The summed E-state index contributed by atoms with van der Waals surface area (Å²) in [4.78, 5) is 28.0. The molecule has 0 aromatic rings. The largest absolute Gasteiger partial charge is 0.444 e. The summed E-state index contributed by atoms with van der Waals surface area (Å²) in [5.41, 5.74) is 5.27. The SMILES string of the molecule is C[C@H](N)C(=O)N(CC1CCN(C(=O)OC(C)(C)C)C1)C1CC1. The molecule has 0 aromatic heterocycles. The molecule has 2 rings (SSSR count). The standard InChI is InChI=1S/C16H29N3O3/c1-11(17)14(20)19(13-5-6-13)10-12-7-8-18(9-12)15(21)22-16(2,3)4/h11-13H,5-10,17H2,1-4H3/t11-,12?/m0/s1. The number of rotatable bonds is 4. The van der Waals surface area contributed by atoms with Gasteiger partial charge in [0.2, 0.25) is 5.91 Å². The van der Waals surface area contributed by atoms with Crippen molar-refractivity contribution in [3.8, 4) is 0 Å². The van der Waals surface area contributed by atoms with Crippen molar-refractivity contribution >= 4 is 12.0 Å². The number of ether oxygens (including phenoxy) is 1. The Morgan fingerprint density at radius 1 is 1.32 bits per heavy atom. The van der Waals surface area contributed by atoms with Gasteiger partial charge in [-0.15, -0.1) is 0 Å². The Kier molecular flexibility index (Phi) is 5.00. The van der Waals surface area contributed by atoms with Crippen molar-refractivity contribution in [2.24, 2.45) is 11.7 Å². The zero-order valence-electron chi connectivity index (χ0n) is 14.2. The summed E-state index contributed by atoms with van der Waals surface area (Å²) in [5, 5.41) is 0. The topological polar surface area (TPSA) is 75.9 Å². The minimum absolute atomic E-state index is 0.0261. The molecule has 6 heteroatoms. The van der Waals surface area contributed by atoms with E-state index < -0.39 is 11.6 Å². The summed E-state index contributed by atoms with van der Waals surface area (Å²) < 4.78 is 5.41. The second-order valence-corrected chi connectivity index (χ2v) is 7.59. The van der Waals surface area contributed by atoms with Crippen molar-refractivity contribution in [1.82, 2.24) is 9.80 Å². The molecule has 0 spiro atoms. The van der Waals surface area contributed by atoms with Crippen LogP contribution in [-0.4, -0.2) is 59.1 Å². The van der Waals surface area contributed by atoms with Gasteiger partial charge in [-0.1, -0.05) is 0 Å². The fraction of sp³-hybridized carbons (Fsp3) is 0.875. The molecule has 126 valence electrons. The maximum absolute atomic E-state index is 12.2. The van der Waals surface area contributed by atoms with Crippen LogP contribution in [0.25, 0.3) is 0 Å². The van der Waals surface area contributed by atoms with Crippen LogP contribution in [0.2, 0.25) is 0 Å². The van der Waals surface area contributed by atoms with E-state index in [0.717, 1.165) is 19.3 Å². The quantitative estimate of drug-likeness (QED) is 0.855. The number of hydrogen-bond donors (Lipinski definition) is 1. The van der Waals surface area contributed by atoms with Crippen LogP contribution in [0.4, 0.5) is 4.79 Å². The predicted molar refractivity (Wildman–Crippen MR) is 84.3 cm³/mol. The van der Waals surface area contributed by atoms with Gasteiger partial charge < -0.3 is 20.3 Å². The third-order valence-electron chi connectivity index (χ3n) is 4.05. The molecule has 2 N–H and O–H groups in total. The zero-order chi connectivity index (χ0) is 16.5. The predicted octanol–water partition coefficient (Wildman–Crippen LogP) is 1.58. The Hall–Kier alpha value is -1.30. The molecule has 22 heavy (non-hydrogen) atoms. The number of carbonyl (C=O) groups is 2. The second kappa shape index (κ2) is 6.44. The van der Waals surface area contributed by atoms with E-state index in [0.29, 0.717) is 31.6 Å². The fourth-order valence-electron chi connectivity index (χ4n) is 2.82. The normalized spacial score (nSPS) is 23.3. The Bertz CT molecular complexity index is 427. The van der Waals surface area contributed by atoms with Crippen molar-refractivity contribution in [1.29, 1.82) is 0 Å². The highest BCUT2D eigenvalue weighted by atomic mass is 16.6. The lowest BCUT2D eigenvalue weighted by Gasteiger charge is -2.28. The molecular formula is C16H29N3O3. The molecule has 2 atom stereocenters. The van der Waals surface area contributed by atoms with Crippen molar-refractivity contribution < 1.29 is 14.3 Å². The molecule has 1 aliphatic heterocycles. The van der Waals surface area contributed by atoms with Gasteiger partial charge in [0.1, 0.15) is 5.60 Å². The Morgan fingerprint density at radius 2 is 1.95 bits per heavy atom.